The average molecular weight is 286 g/mol. The molecule has 1 aliphatic rings. The van der Waals surface area contributed by atoms with Crippen LogP contribution in [0.1, 0.15) is 56.1 Å². The molecule has 1 aromatic rings. The summed E-state index contributed by atoms with van der Waals surface area (Å²) in [6, 6.07) is 5.70. The first-order valence-corrected chi connectivity index (χ1v) is 7.25. The Labute approximate surface area is 125 Å². The Morgan fingerprint density at radius 1 is 1.19 bits per heavy atom. The molecule has 0 bridgehead atoms. The fourth-order valence-electron chi connectivity index (χ4n) is 2.64. The number of fused-ring (bicyclic) bond motifs is 1. The highest BCUT2D eigenvalue weighted by Gasteiger charge is 2.28. The van der Waals surface area contributed by atoms with Crippen LogP contribution in [0.2, 0.25) is 0 Å². The molecule has 2 atom stereocenters. The van der Waals surface area contributed by atoms with Crippen LogP contribution in [0.15, 0.2) is 41.5 Å². The van der Waals surface area contributed by atoms with Gasteiger partial charge < -0.3 is 10.2 Å². The van der Waals surface area contributed by atoms with Gasteiger partial charge in [0, 0.05) is 5.57 Å². The van der Waals surface area contributed by atoms with Crippen molar-refractivity contribution in [2.75, 3.05) is 0 Å². The zero-order valence-corrected chi connectivity index (χ0v) is 12.8. The molecule has 21 heavy (non-hydrogen) atoms. The quantitative estimate of drug-likeness (QED) is 0.836. The second-order valence-electron chi connectivity index (χ2n) is 5.81. The zero-order valence-electron chi connectivity index (χ0n) is 12.8. The van der Waals surface area contributed by atoms with Crippen LogP contribution in [-0.2, 0) is 11.2 Å². The minimum Gasteiger partial charge on any atom is -0.384 e. The van der Waals surface area contributed by atoms with Crippen molar-refractivity contribution in [3.8, 4) is 0 Å². The number of hydrogen-bond acceptors (Lipinski definition) is 3. The maximum absolute atomic E-state index is 11.5. The number of rotatable bonds is 4. The van der Waals surface area contributed by atoms with E-state index in [1.807, 2.05) is 18.2 Å². The van der Waals surface area contributed by atoms with Gasteiger partial charge in [0.1, 0.15) is 6.10 Å². The van der Waals surface area contributed by atoms with Gasteiger partial charge in [-0.3, -0.25) is 4.79 Å². The second-order valence-corrected chi connectivity index (χ2v) is 5.81. The van der Waals surface area contributed by atoms with Crippen LogP contribution in [0, 0.1) is 0 Å². The summed E-state index contributed by atoms with van der Waals surface area (Å²) in [5.74, 6) is -0.208. The van der Waals surface area contributed by atoms with Crippen molar-refractivity contribution in [1.82, 2.24) is 0 Å². The Bertz CT molecular complexity index is 607. The lowest BCUT2D eigenvalue weighted by atomic mass is 9.84. The first kappa shape index (κ1) is 15.7. The van der Waals surface area contributed by atoms with Crippen molar-refractivity contribution >= 4 is 5.78 Å². The number of hydrogen-bond donors (Lipinski definition) is 2. The van der Waals surface area contributed by atoms with E-state index in [0.717, 1.165) is 18.4 Å². The van der Waals surface area contributed by atoms with Crippen LogP contribution in [0.4, 0.5) is 0 Å². The summed E-state index contributed by atoms with van der Waals surface area (Å²) in [5, 5.41) is 20.4. The van der Waals surface area contributed by atoms with Crippen molar-refractivity contribution in [2.24, 2.45) is 0 Å². The number of ketones is 1. The number of carbonyl (C=O) groups excluding carboxylic acids is 1. The van der Waals surface area contributed by atoms with Crippen LogP contribution in [0.25, 0.3) is 0 Å². The van der Waals surface area contributed by atoms with Crippen LogP contribution < -0.4 is 0 Å². The molecule has 0 fully saturated rings. The van der Waals surface area contributed by atoms with Gasteiger partial charge in [-0.1, -0.05) is 29.8 Å². The third-order valence-electron chi connectivity index (χ3n) is 3.79. The van der Waals surface area contributed by atoms with E-state index in [1.165, 1.54) is 18.6 Å². The molecule has 0 amide bonds. The number of benzene rings is 1. The van der Waals surface area contributed by atoms with E-state index in [4.69, 9.17) is 0 Å². The molecule has 0 heterocycles. The Kier molecular flexibility index (Phi) is 4.76. The molecule has 0 aromatic heterocycles. The lowest BCUT2D eigenvalue weighted by molar-refractivity contribution is -0.114. The van der Waals surface area contributed by atoms with Gasteiger partial charge in [0.25, 0.3) is 0 Å². The molecule has 0 radical (unpaired) electrons. The maximum atomic E-state index is 11.5. The summed E-state index contributed by atoms with van der Waals surface area (Å²) >= 11 is 0. The van der Waals surface area contributed by atoms with E-state index in [9.17, 15) is 15.0 Å². The topological polar surface area (TPSA) is 57.5 Å². The lowest BCUT2D eigenvalue weighted by Gasteiger charge is -2.25. The largest absolute Gasteiger partial charge is 0.384 e. The van der Waals surface area contributed by atoms with E-state index in [1.54, 1.807) is 0 Å². The number of Topliss-reactive ketones (excluding diaryl/α,β-unsaturated/α-hetero) is 1. The lowest BCUT2D eigenvalue weighted by Crippen LogP contribution is -2.18. The fourth-order valence-corrected chi connectivity index (χ4v) is 2.64. The SMILES string of the molecule is CC(=O)C1=CC(O)c2cc(CCC=C(C)C)ccc2C1O. The molecule has 0 saturated carbocycles. The molecule has 1 aromatic carbocycles. The molecule has 112 valence electrons. The molecule has 0 aliphatic heterocycles. The van der Waals surface area contributed by atoms with Crippen LogP contribution >= 0.6 is 0 Å². The highest BCUT2D eigenvalue weighted by Crippen LogP contribution is 2.36. The second kappa shape index (κ2) is 6.37. The van der Waals surface area contributed by atoms with Crippen molar-refractivity contribution in [1.29, 1.82) is 0 Å². The van der Waals surface area contributed by atoms with Gasteiger partial charge in [0.2, 0.25) is 0 Å². The Morgan fingerprint density at radius 3 is 2.52 bits per heavy atom. The van der Waals surface area contributed by atoms with Crippen molar-refractivity contribution in [2.45, 2.75) is 45.8 Å². The standard InChI is InChI=1S/C18H22O3/c1-11(2)5-4-6-13-7-8-14-16(9-13)17(20)10-15(12(3)19)18(14)21/h5,7-10,17-18,20-21H,4,6H2,1-3H3. The van der Waals surface area contributed by atoms with Gasteiger partial charge in [-0.2, -0.15) is 0 Å². The summed E-state index contributed by atoms with van der Waals surface area (Å²) in [6.07, 6.45) is 3.71. The van der Waals surface area contributed by atoms with E-state index < -0.39 is 12.2 Å². The summed E-state index contributed by atoms with van der Waals surface area (Å²) in [6.45, 7) is 5.54. The van der Waals surface area contributed by atoms with E-state index >= 15 is 0 Å². The van der Waals surface area contributed by atoms with Crippen molar-refractivity contribution in [3.05, 3.63) is 58.2 Å². The molecule has 3 nitrogen and oxygen atoms in total. The van der Waals surface area contributed by atoms with Gasteiger partial charge in [0.05, 0.1) is 6.10 Å². The molecule has 2 N–H and O–H groups in total. The Balaban J connectivity index is 2.26. The molecular formula is C18H22O3. The van der Waals surface area contributed by atoms with Crippen LogP contribution in [0.5, 0.6) is 0 Å². The van der Waals surface area contributed by atoms with Crippen LogP contribution in [0.3, 0.4) is 0 Å². The number of allylic oxidation sites excluding steroid dienone is 2. The predicted molar refractivity (Wildman–Crippen MR) is 82.9 cm³/mol. The monoisotopic (exact) mass is 286 g/mol. The first-order chi connectivity index (χ1) is 9.90. The molecule has 2 unspecified atom stereocenters. The summed E-state index contributed by atoms with van der Waals surface area (Å²) < 4.78 is 0. The molecular weight excluding hydrogens is 264 g/mol. The predicted octanol–water partition coefficient (Wildman–Crippen LogP) is 3.18. The Hall–Kier alpha value is -1.71. The maximum Gasteiger partial charge on any atom is 0.158 e. The molecule has 2 rings (SSSR count). The van der Waals surface area contributed by atoms with E-state index in [0.29, 0.717) is 11.1 Å². The molecule has 3 heteroatoms. The number of aryl methyl sites for hydroxylation is 1. The first-order valence-electron chi connectivity index (χ1n) is 7.25. The molecule has 1 aliphatic carbocycles. The number of carbonyl (C=O) groups is 1. The average Bonchev–Trinajstić information content (AvgIpc) is 2.42. The summed E-state index contributed by atoms with van der Waals surface area (Å²) in [7, 11) is 0. The van der Waals surface area contributed by atoms with Gasteiger partial charge in [-0.25, -0.2) is 0 Å². The van der Waals surface area contributed by atoms with Crippen LogP contribution in [-0.4, -0.2) is 16.0 Å². The van der Waals surface area contributed by atoms with Gasteiger partial charge in [-0.15, -0.1) is 0 Å². The highest BCUT2D eigenvalue weighted by atomic mass is 16.3. The van der Waals surface area contributed by atoms with Crippen molar-refractivity contribution in [3.63, 3.8) is 0 Å². The smallest absolute Gasteiger partial charge is 0.158 e. The molecule has 0 spiro atoms. The highest BCUT2D eigenvalue weighted by molar-refractivity contribution is 5.95. The fraction of sp³-hybridized carbons (Fsp3) is 0.389. The summed E-state index contributed by atoms with van der Waals surface area (Å²) in [5.41, 5.74) is 4.00. The van der Waals surface area contributed by atoms with Gasteiger partial charge in [0.15, 0.2) is 5.78 Å². The molecule has 0 saturated heterocycles. The van der Waals surface area contributed by atoms with E-state index in [-0.39, 0.29) is 11.4 Å². The van der Waals surface area contributed by atoms with Crippen molar-refractivity contribution < 1.29 is 15.0 Å². The number of aliphatic hydroxyl groups is 2. The van der Waals surface area contributed by atoms with E-state index in [2.05, 4.69) is 19.9 Å². The van der Waals surface area contributed by atoms with Gasteiger partial charge >= 0.3 is 0 Å². The van der Waals surface area contributed by atoms with Gasteiger partial charge in [-0.05, 0) is 56.4 Å². The Morgan fingerprint density at radius 2 is 1.90 bits per heavy atom. The number of aliphatic hydroxyl groups excluding tert-OH is 2. The normalized spacial score (nSPS) is 20.5. The minimum atomic E-state index is -0.937. The third-order valence-corrected chi connectivity index (χ3v) is 3.79. The zero-order chi connectivity index (χ0) is 15.6. The summed E-state index contributed by atoms with van der Waals surface area (Å²) in [4.78, 5) is 11.5. The third kappa shape index (κ3) is 3.49. The minimum absolute atomic E-state index is 0.208.